The Morgan fingerprint density at radius 2 is 2.11 bits per heavy atom. The van der Waals surface area contributed by atoms with Crippen LogP contribution in [0.1, 0.15) is 12.7 Å². The van der Waals surface area contributed by atoms with Gasteiger partial charge in [-0.25, -0.2) is 9.37 Å². The molecule has 1 aromatic carbocycles. The minimum Gasteiger partial charge on any atom is -0.466 e. The van der Waals surface area contributed by atoms with Gasteiger partial charge in [-0.15, -0.1) is 0 Å². The van der Waals surface area contributed by atoms with Crippen LogP contribution in [0, 0.1) is 5.82 Å². The van der Waals surface area contributed by atoms with E-state index in [0.29, 0.717) is 23.8 Å². The Kier molecular flexibility index (Phi) is 3.72. The topological polar surface area (TPSA) is 52.3 Å². The van der Waals surface area contributed by atoms with Gasteiger partial charge in [-0.2, -0.15) is 0 Å². The lowest BCUT2D eigenvalue weighted by molar-refractivity contribution is -0.142. The Morgan fingerprint density at radius 3 is 2.78 bits per heavy atom. The van der Waals surface area contributed by atoms with Crippen LogP contribution in [0.25, 0.3) is 11.5 Å². The summed E-state index contributed by atoms with van der Waals surface area (Å²) in [5.41, 5.74) is 0.659. The van der Waals surface area contributed by atoms with Crippen molar-refractivity contribution in [1.82, 2.24) is 4.98 Å². The van der Waals surface area contributed by atoms with Crippen LogP contribution in [0.4, 0.5) is 4.39 Å². The molecule has 0 atom stereocenters. The second-order valence-electron chi connectivity index (χ2n) is 3.62. The van der Waals surface area contributed by atoms with E-state index in [1.807, 2.05) is 0 Å². The van der Waals surface area contributed by atoms with E-state index in [0.717, 1.165) is 0 Å². The van der Waals surface area contributed by atoms with Crippen molar-refractivity contribution < 1.29 is 18.3 Å². The molecule has 94 valence electrons. The molecular weight excluding hydrogens is 237 g/mol. The molecule has 0 unspecified atom stereocenters. The van der Waals surface area contributed by atoms with Crippen LogP contribution < -0.4 is 0 Å². The summed E-state index contributed by atoms with van der Waals surface area (Å²) >= 11 is 0. The Labute approximate surface area is 103 Å². The molecule has 1 heterocycles. The summed E-state index contributed by atoms with van der Waals surface area (Å²) in [6, 6.07) is 5.78. The van der Waals surface area contributed by atoms with Gasteiger partial charge in [0.1, 0.15) is 18.0 Å². The molecule has 0 aliphatic carbocycles. The molecule has 0 amide bonds. The number of halogens is 1. The van der Waals surface area contributed by atoms with E-state index in [-0.39, 0.29) is 18.2 Å². The van der Waals surface area contributed by atoms with Crippen LogP contribution in [-0.2, 0) is 16.0 Å². The van der Waals surface area contributed by atoms with Gasteiger partial charge < -0.3 is 9.15 Å². The van der Waals surface area contributed by atoms with Gasteiger partial charge in [0.2, 0.25) is 5.89 Å². The van der Waals surface area contributed by atoms with Crippen LogP contribution in [-0.4, -0.2) is 17.6 Å². The highest BCUT2D eigenvalue weighted by Crippen LogP contribution is 2.19. The lowest BCUT2D eigenvalue weighted by Crippen LogP contribution is -2.06. The number of hydrogen-bond donors (Lipinski definition) is 0. The zero-order valence-electron chi connectivity index (χ0n) is 9.85. The molecule has 18 heavy (non-hydrogen) atoms. The van der Waals surface area contributed by atoms with E-state index in [1.165, 1.54) is 18.3 Å². The SMILES string of the molecule is CCOC(=O)Cc1cnc(-c2ccc(F)cc2)o1. The molecule has 0 saturated heterocycles. The number of nitrogens with zero attached hydrogens (tertiary/aromatic N) is 1. The Hall–Kier alpha value is -2.17. The fourth-order valence-corrected chi connectivity index (χ4v) is 1.47. The maximum absolute atomic E-state index is 12.8. The first-order valence-corrected chi connectivity index (χ1v) is 5.55. The van der Waals surface area contributed by atoms with Crippen molar-refractivity contribution in [1.29, 1.82) is 0 Å². The molecule has 0 fully saturated rings. The molecule has 0 aliphatic rings. The van der Waals surface area contributed by atoms with E-state index in [9.17, 15) is 9.18 Å². The highest BCUT2D eigenvalue weighted by molar-refractivity contribution is 5.71. The average molecular weight is 249 g/mol. The molecule has 2 aromatic rings. The van der Waals surface area contributed by atoms with Crippen LogP contribution >= 0.6 is 0 Å². The minimum absolute atomic E-state index is 0.0437. The number of aromatic nitrogens is 1. The third kappa shape index (κ3) is 2.94. The van der Waals surface area contributed by atoms with Gasteiger partial charge in [-0.3, -0.25) is 4.79 Å². The Bertz CT molecular complexity index is 533. The molecule has 5 heteroatoms. The maximum atomic E-state index is 12.8. The standard InChI is InChI=1S/C13H12FNO3/c1-2-17-12(16)7-11-8-15-13(18-11)9-3-5-10(14)6-4-9/h3-6,8H,2,7H2,1H3. The van der Waals surface area contributed by atoms with Crippen molar-refractivity contribution in [2.45, 2.75) is 13.3 Å². The van der Waals surface area contributed by atoms with Crippen molar-refractivity contribution in [2.24, 2.45) is 0 Å². The van der Waals surface area contributed by atoms with Crippen LogP contribution in [0.2, 0.25) is 0 Å². The van der Waals surface area contributed by atoms with Crippen molar-refractivity contribution in [3.8, 4) is 11.5 Å². The van der Waals surface area contributed by atoms with Gasteiger partial charge in [0.15, 0.2) is 0 Å². The van der Waals surface area contributed by atoms with Crippen molar-refractivity contribution >= 4 is 5.97 Å². The van der Waals surface area contributed by atoms with E-state index in [1.54, 1.807) is 19.1 Å². The first-order chi connectivity index (χ1) is 8.69. The maximum Gasteiger partial charge on any atom is 0.313 e. The number of carbonyl (C=O) groups is 1. The molecular formula is C13H12FNO3. The quantitative estimate of drug-likeness (QED) is 0.781. The van der Waals surface area contributed by atoms with Crippen molar-refractivity contribution in [3.63, 3.8) is 0 Å². The van der Waals surface area contributed by atoms with E-state index in [4.69, 9.17) is 9.15 Å². The summed E-state index contributed by atoms with van der Waals surface area (Å²) in [5, 5.41) is 0. The Balaban J connectivity index is 2.10. The molecule has 0 radical (unpaired) electrons. The zero-order valence-corrected chi connectivity index (χ0v) is 9.85. The number of benzene rings is 1. The largest absolute Gasteiger partial charge is 0.466 e. The van der Waals surface area contributed by atoms with Crippen LogP contribution in [0.5, 0.6) is 0 Å². The van der Waals surface area contributed by atoms with Gasteiger partial charge in [-0.05, 0) is 31.2 Å². The lowest BCUT2D eigenvalue weighted by atomic mass is 10.2. The van der Waals surface area contributed by atoms with Gasteiger partial charge in [0, 0.05) is 5.56 Å². The molecule has 0 N–H and O–H groups in total. The molecule has 0 aliphatic heterocycles. The first-order valence-electron chi connectivity index (χ1n) is 5.55. The van der Waals surface area contributed by atoms with E-state index in [2.05, 4.69) is 4.98 Å². The fraction of sp³-hybridized carbons (Fsp3) is 0.231. The first kappa shape index (κ1) is 12.3. The number of carbonyl (C=O) groups excluding carboxylic acids is 1. The summed E-state index contributed by atoms with van der Waals surface area (Å²) in [4.78, 5) is 15.3. The molecule has 2 rings (SSSR count). The second kappa shape index (κ2) is 5.44. The van der Waals surface area contributed by atoms with E-state index >= 15 is 0 Å². The smallest absolute Gasteiger partial charge is 0.313 e. The second-order valence-corrected chi connectivity index (χ2v) is 3.62. The van der Waals surface area contributed by atoms with Gasteiger partial charge in [0.05, 0.1) is 12.8 Å². The summed E-state index contributed by atoms with van der Waals surface area (Å²) in [5.74, 6) is 0.0958. The highest BCUT2D eigenvalue weighted by atomic mass is 19.1. The van der Waals surface area contributed by atoms with Gasteiger partial charge >= 0.3 is 5.97 Å². The highest BCUT2D eigenvalue weighted by Gasteiger charge is 2.11. The number of esters is 1. The number of rotatable bonds is 4. The average Bonchev–Trinajstić information content (AvgIpc) is 2.78. The predicted octanol–water partition coefficient (Wildman–Crippen LogP) is 2.59. The summed E-state index contributed by atoms with van der Waals surface area (Å²) in [6.07, 6.45) is 1.51. The minimum atomic E-state index is -0.362. The summed E-state index contributed by atoms with van der Waals surface area (Å²) in [6.45, 7) is 2.07. The number of ether oxygens (including phenoxy) is 1. The van der Waals surface area contributed by atoms with Gasteiger partial charge in [-0.1, -0.05) is 0 Å². The molecule has 0 bridgehead atoms. The molecule has 0 spiro atoms. The van der Waals surface area contributed by atoms with Crippen LogP contribution in [0.3, 0.4) is 0 Å². The van der Waals surface area contributed by atoms with Crippen LogP contribution in [0.15, 0.2) is 34.9 Å². The summed E-state index contributed by atoms with van der Waals surface area (Å²) in [7, 11) is 0. The van der Waals surface area contributed by atoms with E-state index < -0.39 is 0 Å². The molecule has 1 aromatic heterocycles. The Morgan fingerprint density at radius 1 is 1.39 bits per heavy atom. The monoisotopic (exact) mass is 249 g/mol. The normalized spacial score (nSPS) is 10.3. The molecule has 0 saturated carbocycles. The predicted molar refractivity (Wildman–Crippen MR) is 62.2 cm³/mol. The fourth-order valence-electron chi connectivity index (χ4n) is 1.47. The van der Waals surface area contributed by atoms with Gasteiger partial charge in [0.25, 0.3) is 0 Å². The lowest BCUT2D eigenvalue weighted by Gasteiger charge is -1.98. The zero-order chi connectivity index (χ0) is 13.0. The van der Waals surface area contributed by atoms with Crippen molar-refractivity contribution in [2.75, 3.05) is 6.61 Å². The molecule has 4 nitrogen and oxygen atoms in total. The number of hydrogen-bond acceptors (Lipinski definition) is 4. The van der Waals surface area contributed by atoms with Crippen molar-refractivity contribution in [3.05, 3.63) is 42.0 Å². The number of oxazole rings is 1. The third-order valence-electron chi connectivity index (χ3n) is 2.27. The third-order valence-corrected chi connectivity index (χ3v) is 2.27. The summed E-state index contributed by atoms with van der Waals surface area (Å²) < 4.78 is 22.9.